The molecule has 19 heavy (non-hydrogen) atoms. The highest BCUT2D eigenvalue weighted by Gasteiger charge is 2.26. The van der Waals surface area contributed by atoms with Crippen LogP contribution in [0.1, 0.15) is 44.6 Å². The standard InChI is InChI=1S/C16H23NO2/c1-2-4-12-7-9-14(10-8-12)17-15-6-3-5-13(11-15)16(18)19/h7-10,13,15,17H,2-6,11H2,1H3,(H,18,19). The summed E-state index contributed by atoms with van der Waals surface area (Å²) in [6.45, 7) is 2.18. The third-order valence-electron chi connectivity index (χ3n) is 3.89. The molecule has 2 unspecified atom stereocenters. The summed E-state index contributed by atoms with van der Waals surface area (Å²) < 4.78 is 0. The van der Waals surface area contributed by atoms with Crippen molar-refractivity contribution in [2.45, 2.75) is 51.5 Å². The number of rotatable bonds is 5. The largest absolute Gasteiger partial charge is 0.481 e. The van der Waals surface area contributed by atoms with Gasteiger partial charge in [-0.1, -0.05) is 31.9 Å². The molecular weight excluding hydrogens is 238 g/mol. The molecule has 0 amide bonds. The molecule has 0 saturated heterocycles. The van der Waals surface area contributed by atoms with Gasteiger partial charge < -0.3 is 10.4 Å². The van der Waals surface area contributed by atoms with Crippen molar-refractivity contribution >= 4 is 11.7 Å². The van der Waals surface area contributed by atoms with Crippen molar-refractivity contribution in [2.75, 3.05) is 5.32 Å². The molecule has 3 heteroatoms. The second kappa shape index (κ2) is 6.60. The Kier molecular flexibility index (Phi) is 4.83. The first-order valence-electron chi connectivity index (χ1n) is 7.27. The summed E-state index contributed by atoms with van der Waals surface area (Å²) in [5, 5.41) is 12.6. The number of nitrogens with one attached hydrogen (secondary N) is 1. The van der Waals surface area contributed by atoms with Crippen LogP contribution in [0.2, 0.25) is 0 Å². The van der Waals surface area contributed by atoms with Gasteiger partial charge in [0.2, 0.25) is 0 Å². The number of hydrogen-bond acceptors (Lipinski definition) is 2. The van der Waals surface area contributed by atoms with Crippen LogP contribution in [0.25, 0.3) is 0 Å². The van der Waals surface area contributed by atoms with Crippen LogP contribution in [0.5, 0.6) is 0 Å². The quantitative estimate of drug-likeness (QED) is 0.849. The molecule has 1 aliphatic rings. The van der Waals surface area contributed by atoms with E-state index >= 15 is 0 Å². The average molecular weight is 261 g/mol. The molecule has 0 bridgehead atoms. The van der Waals surface area contributed by atoms with Crippen LogP contribution in [0, 0.1) is 5.92 Å². The molecular formula is C16H23NO2. The SMILES string of the molecule is CCCc1ccc(NC2CCCC(C(=O)O)C2)cc1. The van der Waals surface area contributed by atoms with Crippen molar-refractivity contribution in [2.24, 2.45) is 5.92 Å². The van der Waals surface area contributed by atoms with E-state index < -0.39 is 5.97 Å². The predicted octanol–water partition coefficient (Wildman–Crippen LogP) is 3.69. The maximum absolute atomic E-state index is 11.0. The van der Waals surface area contributed by atoms with Crippen LogP contribution in [-0.4, -0.2) is 17.1 Å². The van der Waals surface area contributed by atoms with Crippen LogP contribution >= 0.6 is 0 Å². The van der Waals surface area contributed by atoms with E-state index in [-0.39, 0.29) is 5.92 Å². The zero-order chi connectivity index (χ0) is 13.7. The normalized spacial score (nSPS) is 23.0. The number of carboxylic acids is 1. The Balaban J connectivity index is 1.91. The molecule has 1 aromatic rings. The van der Waals surface area contributed by atoms with Crippen molar-refractivity contribution in [3.8, 4) is 0 Å². The summed E-state index contributed by atoms with van der Waals surface area (Å²) in [5.41, 5.74) is 2.47. The van der Waals surface area contributed by atoms with E-state index in [1.165, 1.54) is 5.56 Å². The highest BCUT2D eigenvalue weighted by Crippen LogP contribution is 2.27. The number of aryl methyl sites for hydroxylation is 1. The number of carbonyl (C=O) groups is 1. The van der Waals surface area contributed by atoms with Gasteiger partial charge in [0.25, 0.3) is 0 Å². The number of anilines is 1. The average Bonchev–Trinajstić information content (AvgIpc) is 2.42. The lowest BCUT2D eigenvalue weighted by atomic mass is 9.85. The fraction of sp³-hybridized carbons (Fsp3) is 0.562. The molecule has 1 aliphatic carbocycles. The third-order valence-corrected chi connectivity index (χ3v) is 3.89. The Morgan fingerprint density at radius 2 is 2.05 bits per heavy atom. The van der Waals surface area contributed by atoms with Crippen molar-refractivity contribution in [1.29, 1.82) is 0 Å². The zero-order valence-electron chi connectivity index (χ0n) is 11.6. The molecule has 1 aromatic carbocycles. The van der Waals surface area contributed by atoms with Crippen LogP contribution in [0.3, 0.4) is 0 Å². The topological polar surface area (TPSA) is 49.3 Å². The summed E-state index contributed by atoms with van der Waals surface area (Å²) in [6, 6.07) is 8.82. The molecule has 0 aliphatic heterocycles. The van der Waals surface area contributed by atoms with Crippen LogP contribution in [-0.2, 0) is 11.2 Å². The van der Waals surface area contributed by atoms with Crippen molar-refractivity contribution in [3.05, 3.63) is 29.8 Å². The van der Waals surface area contributed by atoms with Crippen LogP contribution < -0.4 is 5.32 Å². The third kappa shape index (κ3) is 3.98. The van der Waals surface area contributed by atoms with Gasteiger partial charge in [-0.15, -0.1) is 0 Å². The Morgan fingerprint density at radius 1 is 1.32 bits per heavy atom. The van der Waals surface area contributed by atoms with E-state index in [0.29, 0.717) is 6.04 Å². The monoisotopic (exact) mass is 261 g/mol. The minimum absolute atomic E-state index is 0.175. The summed E-state index contributed by atoms with van der Waals surface area (Å²) in [6.07, 6.45) is 5.92. The summed E-state index contributed by atoms with van der Waals surface area (Å²) in [5.74, 6) is -0.824. The van der Waals surface area contributed by atoms with Gasteiger partial charge in [-0.2, -0.15) is 0 Å². The van der Waals surface area contributed by atoms with Gasteiger partial charge in [-0.05, 0) is 43.4 Å². The van der Waals surface area contributed by atoms with E-state index in [2.05, 4.69) is 36.5 Å². The van der Waals surface area contributed by atoms with Gasteiger partial charge in [0, 0.05) is 11.7 Å². The molecule has 1 saturated carbocycles. The Labute approximate surface area is 115 Å². The first-order chi connectivity index (χ1) is 9.19. The van der Waals surface area contributed by atoms with Gasteiger partial charge >= 0.3 is 5.97 Å². The van der Waals surface area contributed by atoms with Gasteiger partial charge in [-0.25, -0.2) is 0 Å². The Hall–Kier alpha value is -1.51. The molecule has 0 heterocycles. The molecule has 2 N–H and O–H groups in total. The first-order valence-corrected chi connectivity index (χ1v) is 7.27. The lowest BCUT2D eigenvalue weighted by molar-refractivity contribution is -0.142. The summed E-state index contributed by atoms with van der Waals surface area (Å²) in [7, 11) is 0. The lowest BCUT2D eigenvalue weighted by Crippen LogP contribution is -2.30. The van der Waals surface area contributed by atoms with E-state index in [1.54, 1.807) is 0 Å². The zero-order valence-corrected chi connectivity index (χ0v) is 11.6. The number of aliphatic carboxylic acids is 1. The Morgan fingerprint density at radius 3 is 2.68 bits per heavy atom. The van der Waals surface area contributed by atoms with Gasteiger partial charge in [-0.3, -0.25) is 4.79 Å². The maximum atomic E-state index is 11.0. The molecule has 104 valence electrons. The van der Waals surface area contributed by atoms with Gasteiger partial charge in [0.05, 0.1) is 5.92 Å². The van der Waals surface area contributed by atoms with Gasteiger partial charge in [0.1, 0.15) is 0 Å². The number of benzene rings is 1. The fourth-order valence-electron chi connectivity index (χ4n) is 2.84. The van der Waals surface area contributed by atoms with Crippen molar-refractivity contribution < 1.29 is 9.90 Å². The lowest BCUT2D eigenvalue weighted by Gasteiger charge is -2.28. The van der Waals surface area contributed by atoms with Crippen molar-refractivity contribution in [3.63, 3.8) is 0 Å². The first kappa shape index (κ1) is 13.9. The van der Waals surface area contributed by atoms with E-state index in [9.17, 15) is 4.79 Å². The fourth-order valence-corrected chi connectivity index (χ4v) is 2.84. The second-order valence-electron chi connectivity index (χ2n) is 5.49. The smallest absolute Gasteiger partial charge is 0.306 e. The molecule has 0 spiro atoms. The number of carboxylic acid groups (broad SMARTS) is 1. The molecule has 0 radical (unpaired) electrons. The number of hydrogen-bond donors (Lipinski definition) is 2. The summed E-state index contributed by atoms with van der Waals surface area (Å²) in [4.78, 5) is 11.0. The maximum Gasteiger partial charge on any atom is 0.306 e. The molecule has 2 atom stereocenters. The highest BCUT2D eigenvalue weighted by atomic mass is 16.4. The van der Waals surface area contributed by atoms with E-state index in [4.69, 9.17) is 5.11 Å². The molecule has 2 rings (SSSR count). The molecule has 1 fully saturated rings. The van der Waals surface area contributed by atoms with Crippen LogP contribution in [0.15, 0.2) is 24.3 Å². The minimum Gasteiger partial charge on any atom is -0.481 e. The molecule has 3 nitrogen and oxygen atoms in total. The van der Waals surface area contributed by atoms with E-state index in [0.717, 1.165) is 44.2 Å². The Bertz CT molecular complexity index is 413. The minimum atomic E-state index is -0.648. The second-order valence-corrected chi connectivity index (χ2v) is 5.49. The molecule has 0 aromatic heterocycles. The van der Waals surface area contributed by atoms with Crippen LogP contribution in [0.4, 0.5) is 5.69 Å². The summed E-state index contributed by atoms with van der Waals surface area (Å²) >= 11 is 0. The highest BCUT2D eigenvalue weighted by molar-refractivity contribution is 5.70. The van der Waals surface area contributed by atoms with Gasteiger partial charge in [0.15, 0.2) is 0 Å². The van der Waals surface area contributed by atoms with E-state index in [1.807, 2.05) is 0 Å². The van der Waals surface area contributed by atoms with Crippen molar-refractivity contribution in [1.82, 2.24) is 0 Å². The predicted molar refractivity (Wildman–Crippen MR) is 77.4 cm³/mol.